The van der Waals surface area contributed by atoms with E-state index in [1.807, 2.05) is 0 Å². The molecule has 0 aliphatic carbocycles. The van der Waals surface area contributed by atoms with Crippen LogP contribution in [0.4, 0.5) is 13.2 Å². The molecule has 0 spiro atoms. The van der Waals surface area contributed by atoms with Gasteiger partial charge >= 0.3 is 0 Å². The normalized spacial score (nSPS) is 11.2. The van der Waals surface area contributed by atoms with Crippen molar-refractivity contribution in [3.8, 4) is 11.3 Å². The van der Waals surface area contributed by atoms with E-state index in [1.165, 1.54) is 28.4 Å². The van der Waals surface area contributed by atoms with E-state index >= 15 is 0 Å². The molecule has 4 rings (SSSR count). The summed E-state index contributed by atoms with van der Waals surface area (Å²) in [6.07, 6.45) is 0. The topological polar surface area (TPSA) is 43.1 Å². The van der Waals surface area contributed by atoms with Gasteiger partial charge in [-0.1, -0.05) is 11.8 Å². The highest BCUT2D eigenvalue weighted by Gasteiger charge is 2.12. The Bertz CT molecular complexity index is 1080. The molecule has 0 N–H and O–H groups in total. The highest BCUT2D eigenvalue weighted by atomic mass is 32.2. The standard InChI is InChI=1S/C18H11F3N4S/c19-13-3-1-11(2-4-13)16-7-8-17-22-23-18(25(17)24-16)26-10-12-9-14(20)5-6-15(12)21/h1-9H,10H2. The van der Waals surface area contributed by atoms with Gasteiger partial charge in [0.1, 0.15) is 17.5 Å². The van der Waals surface area contributed by atoms with Crippen LogP contribution >= 0.6 is 11.8 Å². The predicted octanol–water partition coefficient (Wildman–Crippen LogP) is 4.50. The van der Waals surface area contributed by atoms with Gasteiger partial charge in [0.25, 0.3) is 0 Å². The third-order valence-electron chi connectivity index (χ3n) is 3.74. The Balaban J connectivity index is 1.64. The lowest BCUT2D eigenvalue weighted by Crippen LogP contribution is -1.97. The molecule has 130 valence electrons. The minimum Gasteiger partial charge on any atom is -0.207 e. The van der Waals surface area contributed by atoms with Gasteiger partial charge < -0.3 is 0 Å². The Morgan fingerprint density at radius 2 is 1.62 bits per heavy atom. The average molecular weight is 372 g/mol. The molecule has 4 nitrogen and oxygen atoms in total. The Morgan fingerprint density at radius 3 is 2.42 bits per heavy atom. The van der Waals surface area contributed by atoms with E-state index in [-0.39, 0.29) is 17.1 Å². The second-order valence-corrected chi connectivity index (χ2v) is 6.44. The molecular formula is C18H11F3N4S. The van der Waals surface area contributed by atoms with Crippen LogP contribution in [0.15, 0.2) is 59.8 Å². The van der Waals surface area contributed by atoms with E-state index in [9.17, 15) is 13.2 Å². The molecule has 2 aromatic heterocycles. The Labute approximate surface area is 150 Å². The first kappa shape index (κ1) is 16.6. The highest BCUT2D eigenvalue weighted by Crippen LogP contribution is 2.25. The summed E-state index contributed by atoms with van der Waals surface area (Å²) >= 11 is 1.20. The largest absolute Gasteiger partial charge is 0.212 e. The van der Waals surface area contributed by atoms with Crippen LogP contribution in [0.25, 0.3) is 16.9 Å². The molecule has 0 saturated heterocycles. The maximum Gasteiger partial charge on any atom is 0.212 e. The van der Waals surface area contributed by atoms with E-state index in [0.29, 0.717) is 16.5 Å². The third kappa shape index (κ3) is 3.28. The molecule has 0 unspecified atom stereocenters. The molecule has 0 aliphatic heterocycles. The second-order valence-electron chi connectivity index (χ2n) is 5.50. The van der Waals surface area contributed by atoms with Crippen molar-refractivity contribution in [2.24, 2.45) is 0 Å². The summed E-state index contributed by atoms with van der Waals surface area (Å²) < 4.78 is 41.7. The monoisotopic (exact) mass is 372 g/mol. The number of hydrogen-bond acceptors (Lipinski definition) is 4. The first-order chi connectivity index (χ1) is 12.6. The van der Waals surface area contributed by atoms with Crippen molar-refractivity contribution in [1.29, 1.82) is 0 Å². The number of nitrogens with zero attached hydrogens (tertiary/aromatic N) is 4. The van der Waals surface area contributed by atoms with Crippen LogP contribution in [-0.4, -0.2) is 19.8 Å². The lowest BCUT2D eigenvalue weighted by molar-refractivity contribution is 0.591. The van der Waals surface area contributed by atoms with Crippen molar-refractivity contribution in [2.45, 2.75) is 10.9 Å². The van der Waals surface area contributed by atoms with Gasteiger partial charge in [0.2, 0.25) is 5.16 Å². The van der Waals surface area contributed by atoms with Crippen LogP contribution in [0.2, 0.25) is 0 Å². The van der Waals surface area contributed by atoms with Gasteiger partial charge in [0.05, 0.1) is 5.69 Å². The lowest BCUT2D eigenvalue weighted by atomic mass is 10.1. The lowest BCUT2D eigenvalue weighted by Gasteiger charge is -2.04. The van der Waals surface area contributed by atoms with Crippen LogP contribution in [-0.2, 0) is 5.75 Å². The first-order valence-corrected chi connectivity index (χ1v) is 8.64. The molecule has 0 radical (unpaired) electrons. The van der Waals surface area contributed by atoms with Crippen molar-refractivity contribution in [3.05, 3.63) is 77.6 Å². The van der Waals surface area contributed by atoms with Gasteiger partial charge in [-0.15, -0.1) is 10.2 Å². The van der Waals surface area contributed by atoms with Crippen molar-refractivity contribution in [1.82, 2.24) is 19.8 Å². The number of hydrogen-bond donors (Lipinski definition) is 0. The van der Waals surface area contributed by atoms with Crippen LogP contribution in [0, 0.1) is 17.5 Å². The third-order valence-corrected chi connectivity index (χ3v) is 4.71. The van der Waals surface area contributed by atoms with E-state index in [2.05, 4.69) is 15.3 Å². The minimum absolute atomic E-state index is 0.187. The van der Waals surface area contributed by atoms with Crippen LogP contribution in [0.3, 0.4) is 0 Å². The van der Waals surface area contributed by atoms with Crippen molar-refractivity contribution < 1.29 is 13.2 Å². The van der Waals surface area contributed by atoms with Gasteiger partial charge in [-0.3, -0.25) is 0 Å². The number of benzene rings is 2. The van der Waals surface area contributed by atoms with E-state index in [1.54, 1.807) is 24.3 Å². The molecule has 0 fully saturated rings. The van der Waals surface area contributed by atoms with Gasteiger partial charge in [-0.25, -0.2) is 13.2 Å². The Morgan fingerprint density at radius 1 is 0.846 bits per heavy atom. The summed E-state index contributed by atoms with van der Waals surface area (Å²) in [7, 11) is 0. The SMILES string of the molecule is Fc1ccc(-c2ccc3nnc(SCc4cc(F)ccc4F)n3n2)cc1. The first-order valence-electron chi connectivity index (χ1n) is 7.65. The van der Waals surface area contributed by atoms with E-state index in [4.69, 9.17) is 0 Å². The van der Waals surface area contributed by atoms with Gasteiger partial charge in [0, 0.05) is 16.9 Å². The molecule has 4 aromatic rings. The maximum absolute atomic E-state index is 13.8. The number of fused-ring (bicyclic) bond motifs is 1. The fourth-order valence-electron chi connectivity index (χ4n) is 2.43. The molecule has 2 aromatic carbocycles. The molecule has 0 amide bonds. The van der Waals surface area contributed by atoms with Crippen molar-refractivity contribution >= 4 is 17.4 Å². The minimum atomic E-state index is -0.496. The predicted molar refractivity (Wildman–Crippen MR) is 92.1 cm³/mol. The number of thioether (sulfide) groups is 1. The van der Waals surface area contributed by atoms with Crippen LogP contribution < -0.4 is 0 Å². The van der Waals surface area contributed by atoms with E-state index < -0.39 is 11.6 Å². The summed E-state index contributed by atoms with van der Waals surface area (Å²) in [5, 5.41) is 13.0. The summed E-state index contributed by atoms with van der Waals surface area (Å²) in [5.74, 6) is -1.11. The fourth-order valence-corrected chi connectivity index (χ4v) is 3.29. The van der Waals surface area contributed by atoms with Crippen molar-refractivity contribution in [2.75, 3.05) is 0 Å². The highest BCUT2D eigenvalue weighted by molar-refractivity contribution is 7.98. The molecule has 26 heavy (non-hydrogen) atoms. The molecule has 0 aliphatic rings. The summed E-state index contributed by atoms with van der Waals surface area (Å²) in [6.45, 7) is 0. The zero-order valence-electron chi connectivity index (χ0n) is 13.2. The van der Waals surface area contributed by atoms with Gasteiger partial charge in [0.15, 0.2) is 5.65 Å². The molecule has 8 heteroatoms. The molecular weight excluding hydrogens is 361 g/mol. The fraction of sp³-hybridized carbons (Fsp3) is 0.0556. The summed E-state index contributed by atoms with van der Waals surface area (Å²) in [6, 6.07) is 12.8. The molecule has 2 heterocycles. The summed E-state index contributed by atoms with van der Waals surface area (Å²) in [5.41, 5.74) is 2.13. The second kappa shape index (κ2) is 6.80. The number of aromatic nitrogens is 4. The number of halogens is 3. The molecule has 0 atom stereocenters. The smallest absolute Gasteiger partial charge is 0.207 e. The Hall–Kier alpha value is -2.87. The molecule has 0 bridgehead atoms. The van der Waals surface area contributed by atoms with Gasteiger partial charge in [-0.2, -0.15) is 9.61 Å². The van der Waals surface area contributed by atoms with Crippen LogP contribution in [0.5, 0.6) is 0 Å². The van der Waals surface area contributed by atoms with Crippen molar-refractivity contribution in [3.63, 3.8) is 0 Å². The zero-order chi connectivity index (χ0) is 18.1. The number of rotatable bonds is 4. The van der Waals surface area contributed by atoms with Crippen LogP contribution in [0.1, 0.15) is 5.56 Å². The molecule has 0 saturated carbocycles. The summed E-state index contributed by atoms with van der Waals surface area (Å²) in [4.78, 5) is 0. The van der Waals surface area contributed by atoms with Gasteiger partial charge in [-0.05, 0) is 54.6 Å². The Kier molecular flexibility index (Phi) is 4.34. The quantitative estimate of drug-likeness (QED) is 0.495. The average Bonchev–Trinajstić information content (AvgIpc) is 3.05. The maximum atomic E-state index is 13.8. The zero-order valence-corrected chi connectivity index (χ0v) is 14.1. The van der Waals surface area contributed by atoms with E-state index in [0.717, 1.165) is 23.8 Å².